The van der Waals surface area contributed by atoms with Gasteiger partial charge in [-0.25, -0.2) is 9.78 Å². The number of nitrogens with one attached hydrogen (secondary N) is 1. The zero-order valence-electron chi connectivity index (χ0n) is 9.19. The number of hydrogen-bond donors (Lipinski definition) is 1. The minimum Gasteiger partial charge on any atom is -0.464 e. The largest absolute Gasteiger partial charge is 0.464 e. The summed E-state index contributed by atoms with van der Waals surface area (Å²) in [7, 11) is 1.36. The van der Waals surface area contributed by atoms with Crippen molar-refractivity contribution in [2.75, 3.05) is 20.2 Å². The van der Waals surface area contributed by atoms with Crippen LogP contribution >= 0.6 is 0 Å². The second kappa shape index (κ2) is 4.90. The Bertz CT molecular complexity index is 427. The van der Waals surface area contributed by atoms with Gasteiger partial charge in [0.2, 0.25) is 0 Å². The van der Waals surface area contributed by atoms with E-state index in [-0.39, 0.29) is 0 Å². The van der Waals surface area contributed by atoms with Gasteiger partial charge in [-0.3, -0.25) is 0 Å². The first-order valence-corrected chi connectivity index (χ1v) is 5.27. The van der Waals surface area contributed by atoms with Crippen LogP contribution in [0, 0.1) is 0 Å². The van der Waals surface area contributed by atoms with Crippen molar-refractivity contribution in [3.63, 3.8) is 0 Å². The highest BCUT2D eigenvalue weighted by Crippen LogP contribution is 2.17. The molecule has 0 unspecified atom stereocenters. The molecule has 4 heteroatoms. The zero-order chi connectivity index (χ0) is 11.4. The van der Waals surface area contributed by atoms with E-state index in [0.717, 1.165) is 25.2 Å². The number of rotatable bonds is 2. The van der Waals surface area contributed by atoms with Crippen molar-refractivity contribution >= 4 is 11.5 Å². The Morgan fingerprint density at radius 3 is 3.06 bits per heavy atom. The van der Waals surface area contributed by atoms with Gasteiger partial charge in [0.1, 0.15) is 5.69 Å². The number of esters is 1. The van der Waals surface area contributed by atoms with Gasteiger partial charge in [-0.2, -0.15) is 0 Å². The van der Waals surface area contributed by atoms with Crippen LogP contribution in [0.4, 0.5) is 0 Å². The number of hydrogen-bond acceptors (Lipinski definition) is 4. The van der Waals surface area contributed by atoms with E-state index in [1.54, 1.807) is 6.07 Å². The summed E-state index contributed by atoms with van der Waals surface area (Å²) in [5.74, 6) is -0.392. The van der Waals surface area contributed by atoms with Crippen LogP contribution < -0.4 is 5.32 Å². The van der Waals surface area contributed by atoms with E-state index in [9.17, 15) is 4.79 Å². The lowest BCUT2D eigenvalue weighted by atomic mass is 10.1. The number of nitrogens with zero attached hydrogens (tertiary/aromatic N) is 1. The first-order chi connectivity index (χ1) is 7.81. The molecule has 1 N–H and O–H groups in total. The van der Waals surface area contributed by atoms with Crippen molar-refractivity contribution in [2.24, 2.45) is 0 Å². The van der Waals surface area contributed by atoms with E-state index >= 15 is 0 Å². The SMILES string of the molecule is COC(=O)c1cccc(C2=CCNCC2)n1. The van der Waals surface area contributed by atoms with Gasteiger partial charge in [0.15, 0.2) is 0 Å². The molecule has 16 heavy (non-hydrogen) atoms. The molecule has 1 aliphatic rings. The summed E-state index contributed by atoms with van der Waals surface area (Å²) in [6, 6.07) is 5.41. The molecule has 0 radical (unpaired) electrons. The molecule has 0 fully saturated rings. The molecule has 84 valence electrons. The Hall–Kier alpha value is -1.68. The second-order valence-electron chi connectivity index (χ2n) is 3.58. The Labute approximate surface area is 94.3 Å². The molecule has 0 saturated carbocycles. The topological polar surface area (TPSA) is 51.2 Å². The third-order valence-electron chi connectivity index (χ3n) is 2.54. The molecule has 4 nitrogen and oxygen atoms in total. The molecule has 0 spiro atoms. The van der Waals surface area contributed by atoms with Crippen molar-refractivity contribution in [3.8, 4) is 0 Å². The van der Waals surface area contributed by atoms with Crippen LogP contribution in [0.15, 0.2) is 24.3 Å². The predicted octanol–water partition coefficient (Wildman–Crippen LogP) is 1.24. The highest BCUT2D eigenvalue weighted by molar-refractivity contribution is 5.87. The summed E-state index contributed by atoms with van der Waals surface area (Å²) in [5, 5.41) is 3.24. The average molecular weight is 218 g/mol. The second-order valence-corrected chi connectivity index (χ2v) is 3.58. The molecule has 2 rings (SSSR count). The van der Waals surface area contributed by atoms with Gasteiger partial charge in [-0.05, 0) is 30.7 Å². The molecular formula is C12H14N2O2. The highest BCUT2D eigenvalue weighted by Gasteiger charge is 2.11. The fourth-order valence-corrected chi connectivity index (χ4v) is 1.69. The van der Waals surface area contributed by atoms with Crippen molar-refractivity contribution in [3.05, 3.63) is 35.7 Å². The van der Waals surface area contributed by atoms with Crippen LogP contribution in [-0.4, -0.2) is 31.2 Å². The molecule has 0 aromatic carbocycles. The Morgan fingerprint density at radius 2 is 2.38 bits per heavy atom. The Balaban J connectivity index is 2.28. The molecule has 1 aliphatic heterocycles. The van der Waals surface area contributed by atoms with E-state index in [4.69, 9.17) is 0 Å². The summed E-state index contributed by atoms with van der Waals surface area (Å²) in [5.41, 5.74) is 2.41. The standard InChI is InChI=1S/C12H14N2O2/c1-16-12(15)11-4-2-3-10(14-11)9-5-7-13-8-6-9/h2-5,13H,6-8H2,1H3. The summed E-state index contributed by atoms with van der Waals surface area (Å²) in [6.45, 7) is 1.81. The van der Waals surface area contributed by atoms with Gasteiger partial charge in [-0.1, -0.05) is 12.1 Å². The van der Waals surface area contributed by atoms with Crippen molar-refractivity contribution < 1.29 is 9.53 Å². The third-order valence-corrected chi connectivity index (χ3v) is 2.54. The lowest BCUT2D eigenvalue weighted by molar-refractivity contribution is 0.0594. The minimum atomic E-state index is -0.392. The molecular weight excluding hydrogens is 204 g/mol. The molecule has 1 aromatic heterocycles. The number of carbonyl (C=O) groups excluding carboxylic acids is 1. The van der Waals surface area contributed by atoms with E-state index in [0.29, 0.717) is 5.69 Å². The van der Waals surface area contributed by atoms with Crippen LogP contribution in [0.25, 0.3) is 5.57 Å². The fraction of sp³-hybridized carbons (Fsp3) is 0.333. The number of ether oxygens (including phenoxy) is 1. The Morgan fingerprint density at radius 1 is 1.50 bits per heavy atom. The smallest absolute Gasteiger partial charge is 0.356 e. The van der Waals surface area contributed by atoms with Crippen molar-refractivity contribution in [1.29, 1.82) is 0 Å². The van der Waals surface area contributed by atoms with Gasteiger partial charge >= 0.3 is 5.97 Å². The molecule has 0 bridgehead atoms. The van der Waals surface area contributed by atoms with Gasteiger partial charge in [-0.15, -0.1) is 0 Å². The quantitative estimate of drug-likeness (QED) is 0.759. The van der Waals surface area contributed by atoms with Crippen LogP contribution in [0.2, 0.25) is 0 Å². The normalized spacial score (nSPS) is 15.4. The van der Waals surface area contributed by atoms with Crippen LogP contribution in [-0.2, 0) is 4.74 Å². The summed E-state index contributed by atoms with van der Waals surface area (Å²) in [4.78, 5) is 15.6. The van der Waals surface area contributed by atoms with Gasteiger partial charge < -0.3 is 10.1 Å². The lowest BCUT2D eigenvalue weighted by Gasteiger charge is -2.13. The van der Waals surface area contributed by atoms with Crippen LogP contribution in [0.3, 0.4) is 0 Å². The monoisotopic (exact) mass is 218 g/mol. The third kappa shape index (κ3) is 2.28. The molecule has 0 amide bonds. The highest BCUT2D eigenvalue weighted by atomic mass is 16.5. The summed E-state index contributed by atoms with van der Waals surface area (Å²) >= 11 is 0. The minimum absolute atomic E-state index is 0.361. The predicted molar refractivity (Wildman–Crippen MR) is 61.0 cm³/mol. The van der Waals surface area contributed by atoms with E-state index < -0.39 is 5.97 Å². The maximum absolute atomic E-state index is 11.3. The van der Waals surface area contributed by atoms with Gasteiger partial charge in [0.05, 0.1) is 12.8 Å². The first-order valence-electron chi connectivity index (χ1n) is 5.27. The number of aromatic nitrogens is 1. The van der Waals surface area contributed by atoms with E-state index in [1.807, 2.05) is 12.1 Å². The molecule has 1 aromatic rings. The molecule has 0 atom stereocenters. The summed E-state index contributed by atoms with van der Waals surface area (Å²) in [6.07, 6.45) is 3.05. The van der Waals surface area contributed by atoms with E-state index in [2.05, 4.69) is 21.1 Å². The van der Waals surface area contributed by atoms with E-state index in [1.165, 1.54) is 12.7 Å². The lowest BCUT2D eigenvalue weighted by Crippen LogP contribution is -2.20. The molecule has 2 heterocycles. The molecule has 0 aliphatic carbocycles. The van der Waals surface area contributed by atoms with Gasteiger partial charge in [0.25, 0.3) is 0 Å². The maximum atomic E-state index is 11.3. The average Bonchev–Trinajstić information content (AvgIpc) is 2.39. The Kier molecular flexibility index (Phi) is 3.31. The fourth-order valence-electron chi connectivity index (χ4n) is 1.69. The van der Waals surface area contributed by atoms with Crippen molar-refractivity contribution in [2.45, 2.75) is 6.42 Å². The maximum Gasteiger partial charge on any atom is 0.356 e. The molecule has 0 saturated heterocycles. The first kappa shape index (κ1) is 10.8. The zero-order valence-corrected chi connectivity index (χ0v) is 9.19. The van der Waals surface area contributed by atoms with Crippen LogP contribution in [0.5, 0.6) is 0 Å². The number of methoxy groups -OCH3 is 1. The van der Waals surface area contributed by atoms with Crippen LogP contribution in [0.1, 0.15) is 22.6 Å². The number of pyridine rings is 1. The van der Waals surface area contributed by atoms with Crippen molar-refractivity contribution in [1.82, 2.24) is 10.3 Å². The van der Waals surface area contributed by atoms with Gasteiger partial charge in [0, 0.05) is 6.54 Å². The summed E-state index contributed by atoms with van der Waals surface area (Å²) < 4.78 is 4.65. The number of carbonyl (C=O) groups is 1.